The van der Waals surface area contributed by atoms with E-state index in [1.807, 2.05) is 4.90 Å². The van der Waals surface area contributed by atoms with Crippen molar-refractivity contribution in [1.82, 2.24) is 19.8 Å². The molecule has 1 unspecified atom stereocenters. The molecule has 0 N–H and O–H groups in total. The summed E-state index contributed by atoms with van der Waals surface area (Å²) in [5.74, 6) is 1.31. The molecule has 21 heavy (non-hydrogen) atoms. The number of carbonyl (C=O) groups is 1. The fourth-order valence-electron chi connectivity index (χ4n) is 3.77. The average Bonchev–Trinajstić information content (AvgIpc) is 3.15. The van der Waals surface area contributed by atoms with Crippen molar-refractivity contribution in [3.8, 4) is 0 Å². The van der Waals surface area contributed by atoms with Gasteiger partial charge in [0.05, 0.1) is 10.3 Å². The van der Waals surface area contributed by atoms with Crippen LogP contribution in [-0.2, 0) is 0 Å². The fourth-order valence-corrected chi connectivity index (χ4v) is 5.45. The molecule has 1 aromatic heterocycles. The van der Waals surface area contributed by atoms with Crippen LogP contribution in [0.15, 0.2) is 18.7 Å². The minimum atomic E-state index is 0.0754. The van der Waals surface area contributed by atoms with E-state index in [-0.39, 0.29) is 5.91 Å². The second-order valence-electron chi connectivity index (χ2n) is 6.38. The maximum absolute atomic E-state index is 12.3. The van der Waals surface area contributed by atoms with E-state index in [2.05, 4.69) is 26.6 Å². The molecule has 0 bridgehead atoms. The smallest absolute Gasteiger partial charge is 0.257 e. The Morgan fingerprint density at radius 2 is 1.95 bits per heavy atom. The van der Waals surface area contributed by atoms with E-state index in [4.69, 9.17) is 0 Å². The zero-order valence-electron chi connectivity index (χ0n) is 12.1. The first-order chi connectivity index (χ1) is 10.3. The van der Waals surface area contributed by atoms with Crippen LogP contribution in [0.5, 0.6) is 0 Å². The lowest BCUT2D eigenvalue weighted by Gasteiger charge is -2.47. The number of thioether (sulfide) groups is 1. The second kappa shape index (κ2) is 5.25. The molecule has 1 aromatic rings. The first-order valence-electron chi connectivity index (χ1n) is 7.68. The Balaban J connectivity index is 1.36. The molecule has 3 fully saturated rings. The number of nitrogens with zero attached hydrogens (tertiary/aromatic N) is 4. The van der Waals surface area contributed by atoms with Crippen LogP contribution in [-0.4, -0.2) is 68.4 Å². The molecule has 1 amide bonds. The molecule has 1 spiro atoms. The summed E-state index contributed by atoms with van der Waals surface area (Å²) in [7, 11) is 0. The van der Waals surface area contributed by atoms with Crippen molar-refractivity contribution in [3.63, 3.8) is 0 Å². The lowest BCUT2D eigenvalue weighted by Crippen LogP contribution is -2.61. The lowest BCUT2D eigenvalue weighted by atomic mass is 9.91. The lowest BCUT2D eigenvalue weighted by molar-refractivity contribution is 0.0532. The summed E-state index contributed by atoms with van der Waals surface area (Å²) < 4.78 is 0.318. The van der Waals surface area contributed by atoms with E-state index in [1.165, 1.54) is 44.4 Å². The van der Waals surface area contributed by atoms with Crippen LogP contribution in [0.2, 0.25) is 0 Å². The van der Waals surface area contributed by atoms with Gasteiger partial charge in [0.1, 0.15) is 6.33 Å². The maximum atomic E-state index is 12.3. The van der Waals surface area contributed by atoms with Crippen molar-refractivity contribution in [2.24, 2.45) is 0 Å². The third kappa shape index (κ3) is 2.44. The molecule has 1 atom stereocenters. The number of hydrogen-bond acceptors (Lipinski definition) is 5. The molecule has 4 rings (SSSR count). The number of carbonyl (C=O) groups excluding carboxylic acids is 1. The monoisotopic (exact) mass is 304 g/mol. The van der Waals surface area contributed by atoms with E-state index in [9.17, 15) is 4.79 Å². The summed E-state index contributed by atoms with van der Waals surface area (Å²) in [4.78, 5) is 24.8. The van der Waals surface area contributed by atoms with Crippen LogP contribution in [0.1, 0.15) is 29.6 Å². The minimum absolute atomic E-state index is 0.0754. The highest BCUT2D eigenvalue weighted by molar-refractivity contribution is 8.01. The Bertz CT molecular complexity index is 526. The van der Waals surface area contributed by atoms with Gasteiger partial charge < -0.3 is 4.90 Å². The summed E-state index contributed by atoms with van der Waals surface area (Å²) in [6.45, 7) is 4.31. The maximum Gasteiger partial charge on any atom is 0.257 e. The van der Waals surface area contributed by atoms with Crippen LogP contribution in [0.25, 0.3) is 0 Å². The summed E-state index contributed by atoms with van der Waals surface area (Å²) in [5, 5.41) is 0. The van der Waals surface area contributed by atoms with Gasteiger partial charge in [-0.3, -0.25) is 9.69 Å². The zero-order chi connectivity index (χ0) is 14.3. The minimum Gasteiger partial charge on any atom is -0.336 e. The van der Waals surface area contributed by atoms with Crippen molar-refractivity contribution in [2.45, 2.75) is 30.1 Å². The van der Waals surface area contributed by atoms with Crippen LogP contribution in [0.4, 0.5) is 0 Å². The number of hydrogen-bond donors (Lipinski definition) is 0. The van der Waals surface area contributed by atoms with Crippen LogP contribution < -0.4 is 0 Å². The van der Waals surface area contributed by atoms with Gasteiger partial charge >= 0.3 is 0 Å². The quantitative estimate of drug-likeness (QED) is 0.823. The SMILES string of the molecule is O=C(c1cncnc1)N1CC2(CC(N3CCCC3)CS2)C1. The topological polar surface area (TPSA) is 49.3 Å². The molecule has 0 radical (unpaired) electrons. The molecule has 3 aliphatic heterocycles. The first kappa shape index (κ1) is 13.5. The summed E-state index contributed by atoms with van der Waals surface area (Å²) in [6, 6.07) is 0.731. The highest BCUT2D eigenvalue weighted by Crippen LogP contribution is 2.47. The second-order valence-corrected chi connectivity index (χ2v) is 7.87. The first-order valence-corrected chi connectivity index (χ1v) is 8.67. The van der Waals surface area contributed by atoms with Crippen molar-refractivity contribution in [2.75, 3.05) is 31.9 Å². The Hall–Kier alpha value is -1.14. The molecule has 0 aliphatic carbocycles. The van der Waals surface area contributed by atoms with Gasteiger partial charge in [0, 0.05) is 37.3 Å². The van der Waals surface area contributed by atoms with Crippen LogP contribution in [0.3, 0.4) is 0 Å². The standard InChI is InChI=1S/C15H20N4OS/c20-14(12-6-16-11-17-7-12)19-9-15(10-19)5-13(8-21-15)18-3-1-2-4-18/h6-7,11,13H,1-5,8-10H2. The average molecular weight is 304 g/mol. The van der Waals surface area contributed by atoms with E-state index in [0.717, 1.165) is 19.1 Å². The Kier molecular flexibility index (Phi) is 3.38. The van der Waals surface area contributed by atoms with Crippen LogP contribution >= 0.6 is 11.8 Å². The van der Waals surface area contributed by atoms with Gasteiger partial charge in [-0.15, -0.1) is 11.8 Å². The van der Waals surface area contributed by atoms with Crippen molar-refractivity contribution in [3.05, 3.63) is 24.3 Å². The van der Waals surface area contributed by atoms with E-state index in [0.29, 0.717) is 10.3 Å². The molecular formula is C15H20N4OS. The molecule has 0 saturated carbocycles. The molecule has 4 heterocycles. The summed E-state index contributed by atoms with van der Waals surface area (Å²) in [6.07, 6.45) is 8.62. The highest BCUT2D eigenvalue weighted by atomic mass is 32.2. The fraction of sp³-hybridized carbons (Fsp3) is 0.667. The molecule has 3 aliphatic rings. The molecule has 112 valence electrons. The van der Waals surface area contributed by atoms with Crippen LogP contribution in [0, 0.1) is 0 Å². The van der Waals surface area contributed by atoms with Gasteiger partial charge in [-0.1, -0.05) is 0 Å². The zero-order valence-corrected chi connectivity index (χ0v) is 12.9. The normalized spacial score (nSPS) is 28.0. The number of rotatable bonds is 2. The third-order valence-corrected chi connectivity index (χ3v) is 6.49. The Morgan fingerprint density at radius 3 is 2.67 bits per heavy atom. The van der Waals surface area contributed by atoms with Gasteiger partial charge in [0.15, 0.2) is 0 Å². The predicted molar refractivity (Wildman–Crippen MR) is 82.3 cm³/mol. The van der Waals surface area contributed by atoms with E-state index in [1.54, 1.807) is 12.4 Å². The highest BCUT2D eigenvalue weighted by Gasteiger charge is 2.51. The predicted octanol–water partition coefficient (Wildman–Crippen LogP) is 1.27. The Labute approximate surface area is 129 Å². The van der Waals surface area contributed by atoms with E-state index < -0.39 is 0 Å². The molecule has 6 heteroatoms. The van der Waals surface area contributed by atoms with Gasteiger partial charge in [0.25, 0.3) is 5.91 Å². The number of amides is 1. The molecule has 0 aromatic carbocycles. The van der Waals surface area contributed by atoms with Crippen molar-refractivity contribution >= 4 is 17.7 Å². The molecular weight excluding hydrogens is 284 g/mol. The number of aromatic nitrogens is 2. The van der Waals surface area contributed by atoms with Crippen molar-refractivity contribution < 1.29 is 4.79 Å². The van der Waals surface area contributed by atoms with Gasteiger partial charge in [-0.25, -0.2) is 9.97 Å². The largest absolute Gasteiger partial charge is 0.336 e. The van der Waals surface area contributed by atoms with Crippen molar-refractivity contribution in [1.29, 1.82) is 0 Å². The van der Waals surface area contributed by atoms with Gasteiger partial charge in [-0.2, -0.15) is 0 Å². The van der Waals surface area contributed by atoms with Gasteiger partial charge in [-0.05, 0) is 32.4 Å². The van der Waals surface area contributed by atoms with E-state index >= 15 is 0 Å². The Morgan fingerprint density at radius 1 is 1.24 bits per heavy atom. The summed E-state index contributed by atoms with van der Waals surface area (Å²) in [5.41, 5.74) is 0.603. The van der Waals surface area contributed by atoms with Gasteiger partial charge in [0.2, 0.25) is 0 Å². The third-order valence-electron chi connectivity index (χ3n) is 4.90. The molecule has 5 nitrogen and oxygen atoms in total. The summed E-state index contributed by atoms with van der Waals surface area (Å²) >= 11 is 2.08. The number of likely N-dealkylation sites (tertiary alicyclic amines) is 2. The molecule has 3 saturated heterocycles.